The fourth-order valence-corrected chi connectivity index (χ4v) is 3.50. The molecular formula is C19H19ClN6O. The third-order valence-corrected chi connectivity index (χ3v) is 4.98. The van der Waals surface area contributed by atoms with Gasteiger partial charge in [0.05, 0.1) is 17.6 Å². The predicted molar refractivity (Wildman–Crippen MR) is 106 cm³/mol. The standard InChI is InChI=1S/C19H19ClN6O/c20-18-16(14-22-26(19(18)27)15-6-2-1-3-7-15)24-10-5-11-25(13-12-24)17-8-4-9-21-23-17/h1-4,6-9,14H,5,10-13H2. The van der Waals surface area contributed by atoms with Gasteiger partial charge in [0.25, 0.3) is 5.56 Å². The Bertz CT molecular complexity index is 963. The topological polar surface area (TPSA) is 67.2 Å². The normalized spacial score (nSPS) is 14.9. The molecule has 0 radical (unpaired) electrons. The van der Waals surface area contributed by atoms with Gasteiger partial charge in [-0.05, 0) is 30.7 Å². The minimum atomic E-state index is -0.310. The lowest BCUT2D eigenvalue weighted by molar-refractivity contribution is 0.773. The second kappa shape index (κ2) is 7.75. The van der Waals surface area contributed by atoms with E-state index in [1.165, 1.54) is 4.68 Å². The van der Waals surface area contributed by atoms with E-state index in [0.29, 0.717) is 11.4 Å². The highest BCUT2D eigenvalue weighted by Gasteiger charge is 2.20. The van der Waals surface area contributed by atoms with Gasteiger partial charge in [-0.15, -0.1) is 5.10 Å². The quantitative estimate of drug-likeness (QED) is 0.693. The van der Waals surface area contributed by atoms with Crippen molar-refractivity contribution < 1.29 is 0 Å². The van der Waals surface area contributed by atoms with Gasteiger partial charge in [0.15, 0.2) is 5.82 Å². The third kappa shape index (κ3) is 3.64. The van der Waals surface area contributed by atoms with Crippen LogP contribution < -0.4 is 15.4 Å². The summed E-state index contributed by atoms with van der Waals surface area (Å²) in [5.74, 6) is 0.864. The second-order valence-electron chi connectivity index (χ2n) is 6.31. The highest BCUT2D eigenvalue weighted by atomic mass is 35.5. The van der Waals surface area contributed by atoms with Crippen molar-refractivity contribution in [1.29, 1.82) is 0 Å². The Morgan fingerprint density at radius 2 is 1.70 bits per heavy atom. The molecule has 1 aliphatic heterocycles. The molecule has 3 heterocycles. The molecular weight excluding hydrogens is 364 g/mol. The van der Waals surface area contributed by atoms with E-state index in [9.17, 15) is 4.79 Å². The van der Waals surface area contributed by atoms with Crippen LogP contribution in [0.5, 0.6) is 0 Å². The van der Waals surface area contributed by atoms with Crippen LogP contribution in [0.25, 0.3) is 5.69 Å². The number of anilines is 2. The molecule has 1 aliphatic rings. The Morgan fingerprint density at radius 1 is 0.926 bits per heavy atom. The summed E-state index contributed by atoms with van der Waals surface area (Å²) in [6.45, 7) is 3.18. The lowest BCUT2D eigenvalue weighted by Crippen LogP contribution is -2.33. The average Bonchev–Trinajstić information content (AvgIpc) is 2.97. The van der Waals surface area contributed by atoms with Crippen molar-refractivity contribution in [3.8, 4) is 5.69 Å². The summed E-state index contributed by atoms with van der Waals surface area (Å²) in [4.78, 5) is 17.0. The lowest BCUT2D eigenvalue weighted by atomic mass is 10.3. The Morgan fingerprint density at radius 3 is 2.48 bits per heavy atom. The molecule has 0 aliphatic carbocycles. The molecule has 1 saturated heterocycles. The Balaban J connectivity index is 1.57. The Kier molecular flexibility index (Phi) is 5.02. The van der Waals surface area contributed by atoms with E-state index < -0.39 is 0 Å². The van der Waals surface area contributed by atoms with Crippen molar-refractivity contribution in [2.45, 2.75) is 6.42 Å². The van der Waals surface area contributed by atoms with Crippen molar-refractivity contribution in [3.05, 3.63) is 70.2 Å². The number of hydrogen-bond donors (Lipinski definition) is 0. The summed E-state index contributed by atoms with van der Waals surface area (Å²) in [7, 11) is 0. The molecule has 0 N–H and O–H groups in total. The first-order valence-electron chi connectivity index (χ1n) is 8.85. The van der Waals surface area contributed by atoms with Crippen molar-refractivity contribution in [1.82, 2.24) is 20.0 Å². The Hall–Kier alpha value is -2.93. The summed E-state index contributed by atoms with van der Waals surface area (Å²) < 4.78 is 1.33. The van der Waals surface area contributed by atoms with E-state index in [2.05, 4.69) is 25.1 Å². The van der Waals surface area contributed by atoms with E-state index in [0.717, 1.165) is 38.4 Å². The number of rotatable bonds is 3. The molecule has 8 heteroatoms. The zero-order valence-corrected chi connectivity index (χ0v) is 15.5. The van der Waals surface area contributed by atoms with Crippen molar-refractivity contribution in [2.75, 3.05) is 36.0 Å². The molecule has 4 rings (SSSR count). The number of para-hydroxylation sites is 1. The van der Waals surface area contributed by atoms with Crippen molar-refractivity contribution >= 4 is 23.1 Å². The van der Waals surface area contributed by atoms with Gasteiger partial charge in [-0.25, -0.2) is 0 Å². The van der Waals surface area contributed by atoms with Crippen LogP contribution in [0.15, 0.2) is 59.7 Å². The number of benzene rings is 1. The van der Waals surface area contributed by atoms with Crippen LogP contribution in [0.4, 0.5) is 11.5 Å². The summed E-state index contributed by atoms with van der Waals surface area (Å²) in [5.41, 5.74) is 1.06. The van der Waals surface area contributed by atoms with Crippen LogP contribution in [0.2, 0.25) is 5.02 Å². The molecule has 0 spiro atoms. The molecule has 0 unspecified atom stereocenters. The van der Waals surface area contributed by atoms with Gasteiger partial charge in [-0.2, -0.15) is 14.9 Å². The van der Waals surface area contributed by atoms with Gasteiger partial charge < -0.3 is 9.80 Å². The minimum absolute atomic E-state index is 0.196. The SMILES string of the molecule is O=c1c(Cl)c(N2CCCN(c3cccnn3)CC2)cnn1-c1ccccc1. The van der Waals surface area contributed by atoms with Gasteiger partial charge >= 0.3 is 0 Å². The molecule has 27 heavy (non-hydrogen) atoms. The van der Waals surface area contributed by atoms with E-state index in [1.54, 1.807) is 12.4 Å². The van der Waals surface area contributed by atoms with Crippen molar-refractivity contribution in [3.63, 3.8) is 0 Å². The van der Waals surface area contributed by atoms with Crippen LogP contribution in [-0.4, -0.2) is 46.2 Å². The van der Waals surface area contributed by atoms with E-state index >= 15 is 0 Å². The first-order valence-corrected chi connectivity index (χ1v) is 9.23. The molecule has 138 valence electrons. The first kappa shape index (κ1) is 17.5. The van der Waals surface area contributed by atoms with Gasteiger partial charge in [0.2, 0.25) is 0 Å². The minimum Gasteiger partial charge on any atom is -0.367 e. The number of hydrogen-bond acceptors (Lipinski definition) is 6. The maximum absolute atomic E-state index is 12.7. The zero-order valence-electron chi connectivity index (χ0n) is 14.7. The summed E-state index contributed by atoms with van der Waals surface area (Å²) in [6.07, 6.45) is 4.27. The van der Waals surface area contributed by atoms with Gasteiger partial charge in [0, 0.05) is 32.4 Å². The average molecular weight is 383 g/mol. The molecule has 0 atom stereocenters. The number of halogens is 1. The van der Waals surface area contributed by atoms with E-state index in [4.69, 9.17) is 11.6 Å². The molecule has 0 amide bonds. The van der Waals surface area contributed by atoms with Crippen molar-refractivity contribution in [2.24, 2.45) is 0 Å². The maximum atomic E-state index is 12.7. The van der Waals surface area contributed by atoms with Gasteiger partial charge in [-0.3, -0.25) is 4.79 Å². The van der Waals surface area contributed by atoms with Crippen LogP contribution in [0, 0.1) is 0 Å². The molecule has 1 fully saturated rings. The molecule has 0 saturated carbocycles. The third-order valence-electron chi connectivity index (χ3n) is 4.62. The number of aromatic nitrogens is 4. The maximum Gasteiger partial charge on any atom is 0.292 e. The number of nitrogens with zero attached hydrogens (tertiary/aromatic N) is 6. The smallest absolute Gasteiger partial charge is 0.292 e. The fourth-order valence-electron chi connectivity index (χ4n) is 3.25. The van der Waals surface area contributed by atoms with Crippen LogP contribution in [0.1, 0.15) is 6.42 Å². The monoisotopic (exact) mass is 382 g/mol. The molecule has 1 aromatic carbocycles. The highest BCUT2D eigenvalue weighted by molar-refractivity contribution is 6.33. The lowest BCUT2D eigenvalue weighted by Gasteiger charge is -2.24. The molecule has 3 aromatic rings. The van der Waals surface area contributed by atoms with Gasteiger partial charge in [-0.1, -0.05) is 29.8 Å². The van der Waals surface area contributed by atoms with Crippen LogP contribution in [0.3, 0.4) is 0 Å². The van der Waals surface area contributed by atoms with Gasteiger partial charge in [0.1, 0.15) is 5.02 Å². The summed E-state index contributed by atoms with van der Waals surface area (Å²) in [6, 6.07) is 13.1. The molecule has 7 nitrogen and oxygen atoms in total. The summed E-state index contributed by atoms with van der Waals surface area (Å²) >= 11 is 6.44. The largest absolute Gasteiger partial charge is 0.367 e. The van der Waals surface area contributed by atoms with E-state index in [-0.39, 0.29) is 10.6 Å². The zero-order chi connectivity index (χ0) is 18.6. The fraction of sp³-hybridized carbons (Fsp3) is 0.263. The summed E-state index contributed by atoms with van der Waals surface area (Å²) in [5, 5.41) is 12.7. The second-order valence-corrected chi connectivity index (χ2v) is 6.68. The Labute approximate surface area is 161 Å². The molecule has 0 bridgehead atoms. The molecule has 2 aromatic heterocycles. The predicted octanol–water partition coefficient (Wildman–Crippen LogP) is 2.39. The van der Waals surface area contributed by atoms with Crippen LogP contribution in [-0.2, 0) is 0 Å². The highest BCUT2D eigenvalue weighted by Crippen LogP contribution is 2.24. The van der Waals surface area contributed by atoms with E-state index in [1.807, 2.05) is 42.5 Å². The first-order chi connectivity index (χ1) is 13.2. The van der Waals surface area contributed by atoms with Crippen LogP contribution >= 0.6 is 11.6 Å².